The van der Waals surface area contributed by atoms with Gasteiger partial charge in [0.1, 0.15) is 5.82 Å². The van der Waals surface area contributed by atoms with Gasteiger partial charge in [-0.3, -0.25) is 4.79 Å². The Bertz CT molecular complexity index is 458. The van der Waals surface area contributed by atoms with E-state index >= 15 is 0 Å². The third kappa shape index (κ3) is 5.46. The van der Waals surface area contributed by atoms with Crippen LogP contribution in [0.15, 0.2) is 24.3 Å². The maximum atomic E-state index is 13.5. The predicted octanol–water partition coefficient (Wildman–Crippen LogP) is 3.03. The molecule has 1 rings (SSSR count). The second kappa shape index (κ2) is 8.13. The topological polar surface area (TPSA) is 55.1 Å². The van der Waals surface area contributed by atoms with Crippen molar-refractivity contribution in [3.63, 3.8) is 0 Å². The van der Waals surface area contributed by atoms with Crippen LogP contribution in [0.5, 0.6) is 0 Å². The molecule has 0 fully saturated rings. The summed E-state index contributed by atoms with van der Waals surface area (Å²) in [7, 11) is 0. The van der Waals surface area contributed by atoms with Gasteiger partial charge in [-0.05, 0) is 37.3 Å². The van der Waals surface area contributed by atoms with Gasteiger partial charge in [0.05, 0.1) is 0 Å². The number of hydrogen-bond donors (Lipinski definition) is 2. The summed E-state index contributed by atoms with van der Waals surface area (Å²) in [5.41, 5.74) is 6.49. The third-order valence-electron chi connectivity index (χ3n) is 4.28. The zero-order valence-corrected chi connectivity index (χ0v) is 13.3. The summed E-state index contributed by atoms with van der Waals surface area (Å²) < 4.78 is 13.5. The highest BCUT2D eigenvalue weighted by molar-refractivity contribution is 5.78. The summed E-state index contributed by atoms with van der Waals surface area (Å²) in [6.07, 6.45) is 2.85. The molecule has 118 valence electrons. The third-order valence-corrected chi connectivity index (χ3v) is 4.28. The van der Waals surface area contributed by atoms with Gasteiger partial charge in [-0.15, -0.1) is 0 Å². The quantitative estimate of drug-likeness (QED) is 0.774. The monoisotopic (exact) mass is 294 g/mol. The first-order chi connectivity index (χ1) is 9.91. The van der Waals surface area contributed by atoms with E-state index in [2.05, 4.69) is 5.32 Å². The number of aryl methyl sites for hydroxylation is 1. The molecule has 0 aliphatic carbocycles. The Balaban J connectivity index is 2.43. The van der Waals surface area contributed by atoms with Crippen LogP contribution in [0.4, 0.5) is 4.39 Å². The molecule has 0 aliphatic heterocycles. The minimum Gasteiger partial charge on any atom is -0.354 e. The lowest BCUT2D eigenvalue weighted by Gasteiger charge is -2.27. The van der Waals surface area contributed by atoms with Crippen LogP contribution >= 0.6 is 0 Å². The molecule has 0 saturated heterocycles. The molecule has 0 radical (unpaired) electrons. The number of carbonyl (C=O) groups is 1. The van der Waals surface area contributed by atoms with Gasteiger partial charge >= 0.3 is 0 Å². The number of benzene rings is 1. The van der Waals surface area contributed by atoms with Gasteiger partial charge in [0.15, 0.2) is 0 Å². The average Bonchev–Trinajstić information content (AvgIpc) is 2.51. The summed E-state index contributed by atoms with van der Waals surface area (Å²) in [4.78, 5) is 12.1. The van der Waals surface area contributed by atoms with Crippen molar-refractivity contribution in [3.8, 4) is 0 Å². The Morgan fingerprint density at radius 3 is 2.52 bits per heavy atom. The first-order valence-corrected chi connectivity index (χ1v) is 7.72. The van der Waals surface area contributed by atoms with Crippen LogP contribution in [-0.4, -0.2) is 18.0 Å². The summed E-state index contributed by atoms with van der Waals surface area (Å²) in [6, 6.07) is 6.70. The molecule has 0 saturated carbocycles. The van der Waals surface area contributed by atoms with E-state index in [9.17, 15) is 9.18 Å². The van der Waals surface area contributed by atoms with Crippen molar-refractivity contribution in [3.05, 3.63) is 35.6 Å². The number of nitrogens with two attached hydrogens (primary N) is 1. The van der Waals surface area contributed by atoms with E-state index in [1.807, 2.05) is 26.8 Å². The van der Waals surface area contributed by atoms with Crippen LogP contribution in [0.1, 0.15) is 45.6 Å². The lowest BCUT2D eigenvalue weighted by Crippen LogP contribution is -2.50. The summed E-state index contributed by atoms with van der Waals surface area (Å²) in [5.74, 6) is -0.367. The molecule has 0 spiro atoms. The molecular formula is C17H27FN2O. The highest BCUT2D eigenvalue weighted by Gasteiger charge is 2.22. The molecule has 0 bridgehead atoms. The smallest absolute Gasteiger partial charge is 0.222 e. The average molecular weight is 294 g/mol. The van der Waals surface area contributed by atoms with Crippen LogP contribution in [0.2, 0.25) is 0 Å². The fraction of sp³-hybridized carbons (Fsp3) is 0.588. The van der Waals surface area contributed by atoms with E-state index in [1.54, 1.807) is 12.1 Å². The summed E-state index contributed by atoms with van der Waals surface area (Å²) >= 11 is 0. The lowest BCUT2D eigenvalue weighted by molar-refractivity contribution is -0.124. The molecule has 1 atom stereocenters. The number of halogens is 1. The van der Waals surface area contributed by atoms with Crippen LogP contribution in [0.25, 0.3) is 0 Å². The van der Waals surface area contributed by atoms with E-state index in [-0.39, 0.29) is 23.2 Å². The van der Waals surface area contributed by atoms with Gasteiger partial charge in [-0.25, -0.2) is 4.39 Å². The molecule has 3 nitrogen and oxygen atoms in total. The number of nitrogens with one attached hydrogen (secondary N) is 1. The van der Waals surface area contributed by atoms with Crippen LogP contribution in [0, 0.1) is 11.7 Å². The first kappa shape index (κ1) is 17.6. The Labute approximate surface area is 127 Å². The molecule has 1 amide bonds. The van der Waals surface area contributed by atoms with Crippen LogP contribution in [0.3, 0.4) is 0 Å². The van der Waals surface area contributed by atoms with Crippen molar-refractivity contribution in [2.45, 2.75) is 52.0 Å². The minimum absolute atomic E-state index is 0.0111. The van der Waals surface area contributed by atoms with Gasteiger partial charge in [0.25, 0.3) is 0 Å². The Morgan fingerprint density at radius 2 is 1.95 bits per heavy atom. The van der Waals surface area contributed by atoms with Crippen molar-refractivity contribution in [1.82, 2.24) is 5.32 Å². The van der Waals surface area contributed by atoms with E-state index in [4.69, 9.17) is 5.73 Å². The predicted molar refractivity (Wildman–Crippen MR) is 84.4 cm³/mol. The Kier molecular flexibility index (Phi) is 6.82. The van der Waals surface area contributed by atoms with Crippen molar-refractivity contribution in [1.29, 1.82) is 0 Å². The molecule has 1 unspecified atom stereocenters. The Hall–Kier alpha value is -1.42. The summed E-state index contributed by atoms with van der Waals surface area (Å²) in [5, 5.41) is 2.92. The van der Waals surface area contributed by atoms with Crippen molar-refractivity contribution >= 4 is 5.91 Å². The molecule has 21 heavy (non-hydrogen) atoms. The second-order valence-corrected chi connectivity index (χ2v) is 5.82. The van der Waals surface area contributed by atoms with Gasteiger partial charge in [0.2, 0.25) is 5.91 Å². The van der Waals surface area contributed by atoms with Gasteiger partial charge in [-0.2, -0.15) is 0 Å². The van der Waals surface area contributed by atoms with Gasteiger partial charge in [-0.1, -0.05) is 39.0 Å². The SMILES string of the molecule is CCC(N)(CC)CNC(=O)C(C)CCc1ccccc1F. The number of carbonyl (C=O) groups excluding carboxylic acids is 1. The maximum Gasteiger partial charge on any atom is 0.222 e. The van der Waals surface area contributed by atoms with Crippen LogP contribution < -0.4 is 11.1 Å². The largest absolute Gasteiger partial charge is 0.354 e. The zero-order chi connectivity index (χ0) is 15.9. The van der Waals surface area contributed by atoms with E-state index in [0.29, 0.717) is 24.9 Å². The molecule has 0 aliphatic rings. The van der Waals surface area contributed by atoms with Crippen molar-refractivity contribution < 1.29 is 9.18 Å². The van der Waals surface area contributed by atoms with Crippen molar-refractivity contribution in [2.75, 3.05) is 6.54 Å². The number of rotatable bonds is 8. The summed E-state index contributed by atoms with van der Waals surface area (Å²) in [6.45, 7) is 6.41. The van der Waals surface area contributed by atoms with E-state index in [0.717, 1.165) is 12.8 Å². The van der Waals surface area contributed by atoms with Crippen molar-refractivity contribution in [2.24, 2.45) is 11.7 Å². The molecule has 0 aromatic heterocycles. The molecule has 4 heteroatoms. The molecule has 1 aromatic rings. The molecular weight excluding hydrogens is 267 g/mol. The fourth-order valence-corrected chi connectivity index (χ4v) is 2.14. The standard InChI is InChI=1S/C17H27FN2O/c1-4-17(19,5-2)12-20-16(21)13(3)10-11-14-8-6-7-9-15(14)18/h6-9,13H,4-5,10-12,19H2,1-3H3,(H,20,21). The normalized spacial score (nSPS) is 13.0. The highest BCUT2D eigenvalue weighted by atomic mass is 19.1. The Morgan fingerprint density at radius 1 is 1.33 bits per heavy atom. The first-order valence-electron chi connectivity index (χ1n) is 7.72. The molecule has 3 N–H and O–H groups in total. The molecule has 0 heterocycles. The number of hydrogen-bond acceptors (Lipinski definition) is 2. The van der Waals surface area contributed by atoms with Gasteiger partial charge in [0, 0.05) is 18.0 Å². The van der Waals surface area contributed by atoms with E-state index in [1.165, 1.54) is 6.07 Å². The maximum absolute atomic E-state index is 13.5. The number of amides is 1. The van der Waals surface area contributed by atoms with E-state index < -0.39 is 0 Å². The van der Waals surface area contributed by atoms with Crippen LogP contribution in [-0.2, 0) is 11.2 Å². The second-order valence-electron chi connectivity index (χ2n) is 5.82. The molecule has 1 aromatic carbocycles. The lowest BCUT2D eigenvalue weighted by atomic mass is 9.93. The highest BCUT2D eigenvalue weighted by Crippen LogP contribution is 2.14. The van der Waals surface area contributed by atoms with Gasteiger partial charge < -0.3 is 11.1 Å². The minimum atomic E-state index is -0.332. The fourth-order valence-electron chi connectivity index (χ4n) is 2.14. The zero-order valence-electron chi connectivity index (χ0n) is 13.3.